The molecule has 51 heavy (non-hydrogen) atoms. The summed E-state index contributed by atoms with van der Waals surface area (Å²) in [6.07, 6.45) is 0. The summed E-state index contributed by atoms with van der Waals surface area (Å²) in [5.74, 6) is 0. The van der Waals surface area contributed by atoms with Crippen LogP contribution >= 0.6 is 0 Å². The Morgan fingerprint density at radius 1 is 0.255 bits per heavy atom. The van der Waals surface area contributed by atoms with Crippen LogP contribution in [0, 0.1) is 0 Å². The van der Waals surface area contributed by atoms with Crippen LogP contribution in [0.2, 0.25) is 0 Å². The number of para-hydroxylation sites is 4. The first kappa shape index (κ1) is 28.0. The monoisotopic (exact) mass is 649 g/mol. The Labute approximate surface area is 294 Å². The third-order valence-corrected chi connectivity index (χ3v) is 10.6. The van der Waals surface area contributed by atoms with E-state index in [0.717, 1.165) is 11.4 Å². The van der Waals surface area contributed by atoms with Crippen LogP contribution < -0.4 is 0 Å². The fraction of sp³-hybridized carbons (Fsp3) is 0. The molecular formula is C48H31N3. The lowest BCUT2D eigenvalue weighted by Crippen LogP contribution is -1.97. The van der Waals surface area contributed by atoms with Crippen molar-refractivity contribution in [2.75, 3.05) is 0 Å². The summed E-state index contributed by atoms with van der Waals surface area (Å²) in [7, 11) is 0. The molecule has 11 rings (SSSR count). The predicted octanol–water partition coefficient (Wildman–Crippen LogP) is 12.6. The number of hydrogen-bond acceptors (Lipinski definition) is 0. The first-order valence-corrected chi connectivity index (χ1v) is 17.5. The number of fused-ring (bicyclic) bond motifs is 10. The summed E-state index contributed by atoms with van der Waals surface area (Å²) in [6, 6.07) is 68.3. The summed E-state index contributed by atoms with van der Waals surface area (Å²) in [4.78, 5) is 0. The number of nitrogens with zero attached hydrogens (tertiary/aromatic N) is 3. The Balaban J connectivity index is 1.24. The molecule has 0 N–H and O–H groups in total. The van der Waals surface area contributed by atoms with E-state index >= 15 is 0 Å². The van der Waals surface area contributed by atoms with Gasteiger partial charge in [0.25, 0.3) is 0 Å². The zero-order chi connectivity index (χ0) is 33.5. The molecular weight excluding hydrogens is 619 g/mol. The fourth-order valence-corrected chi connectivity index (χ4v) is 8.51. The lowest BCUT2D eigenvalue weighted by molar-refractivity contribution is 1.17. The normalized spacial score (nSPS) is 11.9. The lowest BCUT2D eigenvalue weighted by atomic mass is 10.1. The van der Waals surface area contributed by atoms with Crippen LogP contribution in [0.25, 0.3) is 93.6 Å². The molecule has 0 amide bonds. The van der Waals surface area contributed by atoms with Crippen molar-refractivity contribution in [3.63, 3.8) is 0 Å². The predicted molar refractivity (Wildman–Crippen MR) is 215 cm³/mol. The SMILES string of the molecule is c1ccc(-c2ccc(-n3c4ccccc4c4c(-n5c6ccccc6c6c5ccc5c7ccccc7n(-c7ccccc7)c56)cccc43)cc2)cc1. The van der Waals surface area contributed by atoms with Crippen LogP contribution in [0.4, 0.5) is 0 Å². The van der Waals surface area contributed by atoms with Crippen molar-refractivity contribution >= 4 is 65.4 Å². The number of rotatable bonds is 4. The highest BCUT2D eigenvalue weighted by atomic mass is 15.0. The minimum absolute atomic E-state index is 1.15. The first-order chi connectivity index (χ1) is 25.3. The number of aromatic nitrogens is 3. The maximum absolute atomic E-state index is 2.49. The molecule has 0 unspecified atom stereocenters. The van der Waals surface area contributed by atoms with Crippen molar-refractivity contribution < 1.29 is 0 Å². The quantitative estimate of drug-likeness (QED) is 0.180. The topological polar surface area (TPSA) is 14.8 Å². The molecule has 0 radical (unpaired) electrons. The van der Waals surface area contributed by atoms with Gasteiger partial charge in [0, 0.05) is 43.7 Å². The van der Waals surface area contributed by atoms with E-state index in [1.165, 1.54) is 82.2 Å². The summed E-state index contributed by atoms with van der Waals surface area (Å²) >= 11 is 0. The van der Waals surface area contributed by atoms with Crippen LogP contribution in [0.3, 0.4) is 0 Å². The molecule has 3 nitrogen and oxygen atoms in total. The van der Waals surface area contributed by atoms with Gasteiger partial charge in [-0.15, -0.1) is 0 Å². The van der Waals surface area contributed by atoms with Gasteiger partial charge in [-0.3, -0.25) is 0 Å². The van der Waals surface area contributed by atoms with E-state index in [2.05, 4.69) is 202 Å². The van der Waals surface area contributed by atoms with Gasteiger partial charge in [-0.1, -0.05) is 127 Å². The molecule has 8 aromatic carbocycles. The molecule has 11 aromatic rings. The number of benzene rings is 8. The van der Waals surface area contributed by atoms with Crippen molar-refractivity contribution in [1.82, 2.24) is 13.7 Å². The van der Waals surface area contributed by atoms with Crippen LogP contribution in [0.1, 0.15) is 0 Å². The van der Waals surface area contributed by atoms with Gasteiger partial charge in [0.1, 0.15) is 0 Å². The standard InChI is InChI=1S/C48H31N3/c1-3-14-32(15-4-1)33-26-28-35(29-27-33)49-41-22-11-8-19-38(41)46-43(49)24-13-25-44(46)51-42-23-12-9-20-39(42)47-45(51)31-30-37-36-18-7-10-21-40(36)50(48(37)47)34-16-5-2-6-17-34/h1-31H. The summed E-state index contributed by atoms with van der Waals surface area (Å²) in [5.41, 5.74) is 13.1. The third kappa shape index (κ3) is 4.00. The summed E-state index contributed by atoms with van der Waals surface area (Å²) in [5, 5.41) is 7.51. The zero-order valence-corrected chi connectivity index (χ0v) is 27.7. The van der Waals surface area contributed by atoms with Crippen LogP contribution in [-0.2, 0) is 0 Å². The van der Waals surface area contributed by atoms with E-state index in [1.807, 2.05) is 0 Å². The highest BCUT2D eigenvalue weighted by Gasteiger charge is 2.23. The highest BCUT2D eigenvalue weighted by molar-refractivity contribution is 6.27. The van der Waals surface area contributed by atoms with Crippen molar-refractivity contribution in [3.05, 3.63) is 188 Å². The molecule has 3 heteroatoms. The van der Waals surface area contributed by atoms with E-state index in [-0.39, 0.29) is 0 Å². The second-order valence-electron chi connectivity index (χ2n) is 13.3. The lowest BCUT2D eigenvalue weighted by Gasteiger charge is -2.12. The van der Waals surface area contributed by atoms with E-state index < -0.39 is 0 Å². The molecule has 0 bridgehead atoms. The number of hydrogen-bond donors (Lipinski definition) is 0. The Kier molecular flexibility index (Phi) is 5.96. The van der Waals surface area contributed by atoms with Crippen LogP contribution in [0.5, 0.6) is 0 Å². The van der Waals surface area contributed by atoms with E-state index in [9.17, 15) is 0 Å². The van der Waals surface area contributed by atoms with Crippen molar-refractivity contribution in [3.8, 4) is 28.2 Å². The van der Waals surface area contributed by atoms with Crippen LogP contribution in [-0.4, -0.2) is 13.7 Å². The second kappa shape index (κ2) is 10.8. The fourth-order valence-electron chi connectivity index (χ4n) is 8.51. The molecule has 0 spiro atoms. The minimum atomic E-state index is 1.15. The molecule has 0 aliphatic rings. The van der Waals surface area contributed by atoms with Crippen molar-refractivity contribution in [1.29, 1.82) is 0 Å². The Bertz CT molecular complexity index is 3110. The molecule has 0 saturated carbocycles. The Hall–Kier alpha value is -6.84. The van der Waals surface area contributed by atoms with Gasteiger partial charge < -0.3 is 13.7 Å². The van der Waals surface area contributed by atoms with Gasteiger partial charge >= 0.3 is 0 Å². The molecule has 238 valence electrons. The molecule has 3 heterocycles. The van der Waals surface area contributed by atoms with Gasteiger partial charge in [-0.2, -0.15) is 0 Å². The zero-order valence-electron chi connectivity index (χ0n) is 27.7. The van der Waals surface area contributed by atoms with Crippen LogP contribution in [0.15, 0.2) is 188 Å². The average molecular weight is 650 g/mol. The summed E-state index contributed by atoms with van der Waals surface area (Å²) in [6.45, 7) is 0. The van der Waals surface area contributed by atoms with Gasteiger partial charge in [0.2, 0.25) is 0 Å². The third-order valence-electron chi connectivity index (χ3n) is 10.6. The molecule has 3 aromatic heterocycles. The molecule has 0 aliphatic heterocycles. The Morgan fingerprint density at radius 2 is 0.765 bits per heavy atom. The maximum Gasteiger partial charge on any atom is 0.0641 e. The maximum atomic E-state index is 2.49. The van der Waals surface area contributed by atoms with Crippen molar-refractivity contribution in [2.45, 2.75) is 0 Å². The molecule has 0 fully saturated rings. The second-order valence-corrected chi connectivity index (χ2v) is 13.3. The van der Waals surface area contributed by atoms with Gasteiger partial charge in [0.05, 0.1) is 38.8 Å². The van der Waals surface area contributed by atoms with Crippen molar-refractivity contribution in [2.24, 2.45) is 0 Å². The summed E-state index contributed by atoms with van der Waals surface area (Å²) < 4.78 is 7.37. The smallest absolute Gasteiger partial charge is 0.0641 e. The molecule has 0 aliphatic carbocycles. The van der Waals surface area contributed by atoms with E-state index in [4.69, 9.17) is 0 Å². The molecule has 0 atom stereocenters. The largest absolute Gasteiger partial charge is 0.309 e. The van der Waals surface area contributed by atoms with E-state index in [1.54, 1.807) is 0 Å². The minimum Gasteiger partial charge on any atom is -0.309 e. The van der Waals surface area contributed by atoms with Gasteiger partial charge in [-0.05, 0) is 71.8 Å². The first-order valence-electron chi connectivity index (χ1n) is 17.5. The average Bonchev–Trinajstić information content (AvgIpc) is 3.84. The Morgan fingerprint density at radius 3 is 1.49 bits per heavy atom. The van der Waals surface area contributed by atoms with E-state index in [0.29, 0.717) is 0 Å². The van der Waals surface area contributed by atoms with Gasteiger partial charge in [0.15, 0.2) is 0 Å². The van der Waals surface area contributed by atoms with Gasteiger partial charge in [-0.25, -0.2) is 0 Å². The molecule has 0 saturated heterocycles. The highest BCUT2D eigenvalue weighted by Crippen LogP contribution is 2.44.